The molecule has 5 aromatic carbocycles. The summed E-state index contributed by atoms with van der Waals surface area (Å²) >= 11 is 8.62. The number of alkyl halides is 3. The van der Waals surface area contributed by atoms with Crippen LogP contribution in [0.25, 0.3) is 11.1 Å². The van der Waals surface area contributed by atoms with Gasteiger partial charge in [0, 0.05) is 63.3 Å². The minimum absolute atomic E-state index is 0.0374. The zero-order valence-corrected chi connectivity index (χ0v) is 38.6. The van der Waals surface area contributed by atoms with Crippen molar-refractivity contribution in [3.8, 4) is 11.1 Å². The van der Waals surface area contributed by atoms with E-state index in [1.54, 1.807) is 30.1 Å². The van der Waals surface area contributed by atoms with Crippen LogP contribution in [0.2, 0.25) is 5.02 Å². The first-order chi connectivity index (χ1) is 29.5. The summed E-state index contributed by atoms with van der Waals surface area (Å²) in [5, 5.41) is 0.731. The highest BCUT2D eigenvalue weighted by atomic mass is 35.5. The lowest BCUT2D eigenvalue weighted by atomic mass is 9.87. The van der Waals surface area contributed by atoms with Crippen LogP contribution in [0.15, 0.2) is 136 Å². The van der Waals surface area contributed by atoms with Crippen molar-refractivity contribution in [1.29, 1.82) is 0 Å². The Balaban J connectivity index is 0.000000305. The molecule has 0 aliphatic carbocycles. The molecule has 0 bridgehead atoms. The molecule has 0 aromatic heterocycles. The van der Waals surface area contributed by atoms with Crippen LogP contribution in [-0.2, 0) is 11.2 Å². The van der Waals surface area contributed by atoms with Gasteiger partial charge in [0.25, 0.3) is 5.91 Å². The molecule has 7 nitrogen and oxygen atoms in total. The van der Waals surface area contributed by atoms with E-state index in [-0.39, 0.29) is 34.3 Å². The van der Waals surface area contributed by atoms with E-state index in [4.69, 9.17) is 22.1 Å². The molecule has 330 valence electrons. The molecule has 6 rings (SSSR count). The lowest BCUT2D eigenvalue weighted by Gasteiger charge is -2.34. The number of amides is 2. The van der Waals surface area contributed by atoms with E-state index in [2.05, 4.69) is 70.3 Å². The second kappa shape index (κ2) is 23.3. The van der Waals surface area contributed by atoms with Crippen molar-refractivity contribution >= 4 is 70.4 Å². The van der Waals surface area contributed by atoms with Crippen molar-refractivity contribution in [1.82, 2.24) is 9.62 Å². The van der Waals surface area contributed by atoms with Crippen LogP contribution in [0.4, 0.5) is 29.3 Å². The molecule has 0 radical (unpaired) electrons. The molecule has 0 saturated carbocycles. The van der Waals surface area contributed by atoms with Gasteiger partial charge in [-0.1, -0.05) is 66.2 Å². The lowest BCUT2D eigenvalue weighted by Crippen LogP contribution is -2.34. The number of benzene rings is 5. The molecule has 1 heterocycles. The van der Waals surface area contributed by atoms with Crippen molar-refractivity contribution in [2.24, 2.45) is 5.92 Å². The molecule has 1 aliphatic heterocycles. The van der Waals surface area contributed by atoms with Gasteiger partial charge in [-0.3, -0.25) is 9.52 Å². The molecule has 1 aliphatic rings. The summed E-state index contributed by atoms with van der Waals surface area (Å²) in [6.45, 7) is 8.26. The van der Waals surface area contributed by atoms with Gasteiger partial charge in [-0.25, -0.2) is 4.79 Å². The number of rotatable bonds is 14. The number of carbonyl (C=O) groups is 2. The second-order valence-electron chi connectivity index (χ2n) is 15.9. The summed E-state index contributed by atoms with van der Waals surface area (Å²) in [6, 6.07) is 38.6. The maximum Gasteiger partial charge on any atom is 0.446 e. The van der Waals surface area contributed by atoms with Gasteiger partial charge >= 0.3 is 11.6 Å². The molecular formula is C48H54ClF3N4O3S3. The Morgan fingerprint density at radius 1 is 0.855 bits per heavy atom. The molecule has 5 aromatic rings. The van der Waals surface area contributed by atoms with E-state index in [9.17, 15) is 22.8 Å². The number of anilines is 2. The Bertz CT molecular complexity index is 2180. The molecule has 1 fully saturated rings. The van der Waals surface area contributed by atoms with E-state index < -0.39 is 11.1 Å². The molecule has 2 amide bonds. The van der Waals surface area contributed by atoms with Crippen molar-refractivity contribution in [3.63, 3.8) is 0 Å². The highest BCUT2D eigenvalue weighted by Gasteiger charge is 2.30. The van der Waals surface area contributed by atoms with Gasteiger partial charge < -0.3 is 20.3 Å². The standard InChI is InChI=1S/C32H29ClF3N3OS2.C16H25NO2S/c33-25-9-5-22(6-10-25)28-4-2-1-3-24(28)19-21-15-17-39(18-16-21)26-11-7-23(8-12-26)31(40)38-42-27-13-14-29(37)30(20-27)41-32(34,35)36;1-16(2,3)19-15(18)17(4)12-8-9-13-20-14-10-6-5-7-11-14/h1-14,20-21H,15-19,37H2,(H,38,40);5-7,10-11H,8-9,12-13H2,1-4H3. The maximum absolute atomic E-state index is 12.8. The van der Waals surface area contributed by atoms with Crippen LogP contribution >= 0.6 is 47.1 Å². The van der Waals surface area contributed by atoms with Crippen molar-refractivity contribution < 1.29 is 27.5 Å². The largest absolute Gasteiger partial charge is 0.446 e. The van der Waals surface area contributed by atoms with Gasteiger partial charge in [0.1, 0.15) is 5.60 Å². The predicted octanol–water partition coefficient (Wildman–Crippen LogP) is 13.5. The Hall–Kier alpha value is -4.43. The third-order valence-electron chi connectivity index (χ3n) is 9.87. The van der Waals surface area contributed by atoms with E-state index in [1.807, 2.05) is 62.9 Å². The van der Waals surface area contributed by atoms with Crippen LogP contribution < -0.4 is 15.4 Å². The van der Waals surface area contributed by atoms with Crippen molar-refractivity contribution in [2.45, 2.75) is 78.7 Å². The number of carbonyl (C=O) groups excluding carboxylic acids is 2. The van der Waals surface area contributed by atoms with Gasteiger partial charge in [0.2, 0.25) is 0 Å². The fourth-order valence-corrected chi connectivity index (χ4v) is 9.08. The molecule has 0 unspecified atom stereocenters. The quantitative estimate of drug-likeness (QED) is 0.0493. The van der Waals surface area contributed by atoms with Crippen molar-refractivity contribution in [3.05, 3.63) is 137 Å². The zero-order chi connectivity index (χ0) is 44.7. The molecule has 1 saturated heterocycles. The summed E-state index contributed by atoms with van der Waals surface area (Å²) in [7, 11) is 1.79. The molecule has 62 heavy (non-hydrogen) atoms. The fraction of sp³-hybridized carbons (Fsp3) is 0.333. The maximum atomic E-state index is 12.8. The van der Waals surface area contributed by atoms with Gasteiger partial charge in [-0.2, -0.15) is 13.2 Å². The van der Waals surface area contributed by atoms with Crippen LogP contribution in [-0.4, -0.2) is 60.4 Å². The first-order valence-electron chi connectivity index (χ1n) is 20.5. The average molecular weight is 924 g/mol. The van der Waals surface area contributed by atoms with E-state index in [1.165, 1.54) is 33.7 Å². The van der Waals surface area contributed by atoms with E-state index >= 15 is 0 Å². The Morgan fingerprint density at radius 2 is 1.52 bits per heavy atom. The molecule has 0 atom stereocenters. The number of nitrogens with zero attached hydrogens (tertiary/aromatic N) is 2. The summed E-state index contributed by atoms with van der Waals surface area (Å²) in [6.07, 6.45) is 5.01. The number of piperidine rings is 1. The van der Waals surface area contributed by atoms with E-state index in [0.29, 0.717) is 16.4 Å². The number of nitrogens with one attached hydrogen (secondary N) is 1. The molecule has 14 heteroatoms. The number of nitrogens with two attached hydrogens (primary N) is 1. The van der Waals surface area contributed by atoms with E-state index in [0.717, 1.165) is 80.1 Å². The fourth-order valence-electron chi connectivity index (χ4n) is 6.68. The number of halogens is 4. The van der Waals surface area contributed by atoms with Crippen LogP contribution in [0.5, 0.6) is 0 Å². The number of nitrogen functional groups attached to an aromatic ring is 1. The Labute approximate surface area is 381 Å². The van der Waals surface area contributed by atoms with Gasteiger partial charge in [-0.05, 0) is 172 Å². The number of thioether (sulfide) groups is 2. The normalized spacial score (nSPS) is 13.2. The number of ether oxygens (including phenoxy) is 1. The van der Waals surface area contributed by atoms with Crippen LogP contribution in [0.3, 0.4) is 0 Å². The van der Waals surface area contributed by atoms with Gasteiger partial charge in [-0.15, -0.1) is 11.8 Å². The average Bonchev–Trinajstić information content (AvgIpc) is 3.24. The summed E-state index contributed by atoms with van der Waals surface area (Å²) in [4.78, 5) is 30.1. The third-order valence-corrected chi connectivity index (χ3v) is 12.8. The summed E-state index contributed by atoms with van der Waals surface area (Å²) in [5.41, 5.74) is 6.15. The molecular weight excluding hydrogens is 869 g/mol. The zero-order valence-electron chi connectivity index (χ0n) is 35.4. The topological polar surface area (TPSA) is 87.9 Å². The van der Waals surface area contributed by atoms with Crippen LogP contribution in [0.1, 0.15) is 62.4 Å². The first-order valence-corrected chi connectivity index (χ1v) is 23.5. The molecule has 3 N–H and O–H groups in total. The number of unbranched alkanes of at least 4 members (excludes halogenated alkanes) is 1. The minimum Gasteiger partial charge on any atom is -0.444 e. The second-order valence-corrected chi connectivity index (χ2v) is 19.5. The van der Waals surface area contributed by atoms with Crippen molar-refractivity contribution in [2.75, 3.05) is 43.1 Å². The monoisotopic (exact) mass is 922 g/mol. The van der Waals surface area contributed by atoms with Crippen LogP contribution in [0, 0.1) is 5.92 Å². The first kappa shape index (κ1) is 48.6. The lowest BCUT2D eigenvalue weighted by molar-refractivity contribution is -0.0328. The predicted molar refractivity (Wildman–Crippen MR) is 253 cm³/mol. The Kier molecular flexibility index (Phi) is 18.3. The highest BCUT2D eigenvalue weighted by molar-refractivity contribution is 8.00. The highest BCUT2D eigenvalue weighted by Crippen LogP contribution is 2.41. The van der Waals surface area contributed by atoms with Gasteiger partial charge in [0.15, 0.2) is 0 Å². The summed E-state index contributed by atoms with van der Waals surface area (Å²) in [5.74, 6) is 1.33. The minimum atomic E-state index is -4.44. The molecule has 0 spiro atoms. The Morgan fingerprint density at radius 3 is 2.18 bits per heavy atom. The summed E-state index contributed by atoms with van der Waals surface area (Å²) < 4.78 is 46.3. The third kappa shape index (κ3) is 16.4. The number of hydrogen-bond donors (Lipinski definition) is 2. The SMILES string of the molecule is CN(CCCCSc1ccccc1)C(=O)OC(C)(C)C.Nc1ccc(SNC(=O)c2ccc(N3CCC(Cc4ccccc4-c4ccc(Cl)cc4)CC3)cc2)cc1SC(F)(F)F. The van der Waals surface area contributed by atoms with Gasteiger partial charge in [0.05, 0.1) is 0 Å². The number of hydrogen-bond acceptors (Lipinski definition) is 8. The smallest absolute Gasteiger partial charge is 0.444 e.